The van der Waals surface area contributed by atoms with E-state index in [2.05, 4.69) is 0 Å². The number of hydrogen-bond donors (Lipinski definition) is 2. The van der Waals surface area contributed by atoms with Crippen LogP contribution in [0.3, 0.4) is 0 Å². The molecule has 0 atom stereocenters. The summed E-state index contributed by atoms with van der Waals surface area (Å²) in [7, 11) is 0. The van der Waals surface area contributed by atoms with E-state index in [1.54, 1.807) is 6.92 Å². The standard InChI is InChI=1S/C19H24O8/c1-5-9-26-19(25)15-13(10(20)6-2)16(23)17(24)18(27-12(22)8-4)14(15)11(21)7-3/h23-24H,5-9H2,1-4H3. The molecule has 0 saturated carbocycles. The third-order valence-electron chi connectivity index (χ3n) is 3.75. The number of rotatable bonds is 9. The van der Waals surface area contributed by atoms with Crippen LogP contribution in [0.25, 0.3) is 0 Å². The van der Waals surface area contributed by atoms with Crippen LogP contribution in [0.15, 0.2) is 0 Å². The van der Waals surface area contributed by atoms with Gasteiger partial charge in [-0.25, -0.2) is 4.79 Å². The van der Waals surface area contributed by atoms with E-state index in [-0.39, 0.29) is 25.9 Å². The maximum Gasteiger partial charge on any atom is 0.339 e. The molecule has 27 heavy (non-hydrogen) atoms. The lowest BCUT2D eigenvalue weighted by Crippen LogP contribution is -2.20. The summed E-state index contributed by atoms with van der Waals surface area (Å²) in [6.07, 6.45) is 0.205. The first-order chi connectivity index (χ1) is 12.7. The molecule has 0 heterocycles. The van der Waals surface area contributed by atoms with Gasteiger partial charge in [-0.3, -0.25) is 14.4 Å². The molecular formula is C19H24O8. The van der Waals surface area contributed by atoms with Crippen LogP contribution in [-0.4, -0.2) is 40.3 Å². The van der Waals surface area contributed by atoms with Crippen LogP contribution in [-0.2, 0) is 9.53 Å². The van der Waals surface area contributed by atoms with E-state index in [9.17, 15) is 29.4 Å². The van der Waals surface area contributed by atoms with Gasteiger partial charge in [-0.15, -0.1) is 0 Å². The molecule has 1 aromatic rings. The Morgan fingerprint density at radius 3 is 1.81 bits per heavy atom. The summed E-state index contributed by atoms with van der Waals surface area (Å²) in [6.45, 7) is 6.26. The molecule has 8 nitrogen and oxygen atoms in total. The summed E-state index contributed by atoms with van der Waals surface area (Å²) in [5, 5.41) is 20.6. The van der Waals surface area contributed by atoms with Gasteiger partial charge in [0.25, 0.3) is 0 Å². The fourth-order valence-electron chi connectivity index (χ4n) is 2.35. The molecule has 0 spiro atoms. The summed E-state index contributed by atoms with van der Waals surface area (Å²) >= 11 is 0. The van der Waals surface area contributed by atoms with E-state index in [4.69, 9.17) is 9.47 Å². The van der Waals surface area contributed by atoms with Gasteiger partial charge in [-0.05, 0) is 6.42 Å². The molecule has 0 aliphatic heterocycles. The number of carbonyl (C=O) groups is 4. The van der Waals surface area contributed by atoms with Gasteiger partial charge in [0.1, 0.15) is 0 Å². The number of phenolic OH excluding ortho intramolecular Hbond substituents is 2. The normalized spacial score (nSPS) is 10.4. The van der Waals surface area contributed by atoms with Crippen LogP contribution in [0, 0.1) is 0 Å². The third-order valence-corrected chi connectivity index (χ3v) is 3.75. The molecule has 0 aromatic heterocycles. The highest BCUT2D eigenvalue weighted by Crippen LogP contribution is 2.45. The molecule has 1 aromatic carbocycles. The highest BCUT2D eigenvalue weighted by molar-refractivity contribution is 6.17. The van der Waals surface area contributed by atoms with E-state index in [1.807, 2.05) is 0 Å². The molecule has 8 heteroatoms. The number of esters is 2. The molecular weight excluding hydrogens is 356 g/mol. The van der Waals surface area contributed by atoms with Gasteiger partial charge in [-0.2, -0.15) is 0 Å². The smallest absolute Gasteiger partial charge is 0.339 e. The topological polar surface area (TPSA) is 127 Å². The lowest BCUT2D eigenvalue weighted by molar-refractivity contribution is -0.134. The van der Waals surface area contributed by atoms with Crippen molar-refractivity contribution in [1.82, 2.24) is 0 Å². The number of ether oxygens (including phenoxy) is 2. The van der Waals surface area contributed by atoms with Crippen LogP contribution in [0.2, 0.25) is 0 Å². The molecule has 148 valence electrons. The van der Waals surface area contributed by atoms with Gasteiger partial charge in [0.2, 0.25) is 5.75 Å². The lowest BCUT2D eigenvalue weighted by atomic mass is 9.91. The van der Waals surface area contributed by atoms with Gasteiger partial charge in [0.05, 0.1) is 23.3 Å². The number of ketones is 2. The number of aromatic hydroxyl groups is 2. The van der Waals surface area contributed by atoms with Gasteiger partial charge < -0.3 is 19.7 Å². The minimum absolute atomic E-state index is 0.0179. The van der Waals surface area contributed by atoms with Crippen molar-refractivity contribution in [2.75, 3.05) is 6.61 Å². The Bertz CT molecular complexity index is 764. The average Bonchev–Trinajstić information content (AvgIpc) is 2.67. The Morgan fingerprint density at radius 2 is 1.33 bits per heavy atom. The first kappa shape index (κ1) is 22.1. The van der Waals surface area contributed by atoms with Crippen molar-refractivity contribution in [2.45, 2.75) is 53.4 Å². The Balaban J connectivity index is 3.94. The van der Waals surface area contributed by atoms with Gasteiger partial charge in [-0.1, -0.05) is 27.7 Å². The number of carbonyl (C=O) groups excluding carboxylic acids is 4. The van der Waals surface area contributed by atoms with Crippen molar-refractivity contribution in [3.05, 3.63) is 16.7 Å². The first-order valence-corrected chi connectivity index (χ1v) is 8.80. The number of hydrogen-bond acceptors (Lipinski definition) is 8. The molecule has 0 radical (unpaired) electrons. The van der Waals surface area contributed by atoms with Crippen molar-refractivity contribution in [2.24, 2.45) is 0 Å². The largest absolute Gasteiger partial charge is 0.504 e. The Kier molecular flexibility index (Phi) is 7.96. The highest BCUT2D eigenvalue weighted by Gasteiger charge is 2.35. The van der Waals surface area contributed by atoms with Crippen LogP contribution in [0.4, 0.5) is 0 Å². The zero-order valence-corrected chi connectivity index (χ0v) is 15.9. The molecule has 2 N–H and O–H groups in total. The molecule has 0 amide bonds. The Morgan fingerprint density at radius 1 is 0.778 bits per heavy atom. The summed E-state index contributed by atoms with van der Waals surface area (Å²) in [5.41, 5.74) is -1.48. The summed E-state index contributed by atoms with van der Waals surface area (Å²) in [4.78, 5) is 49.2. The third kappa shape index (κ3) is 4.64. The van der Waals surface area contributed by atoms with E-state index >= 15 is 0 Å². The predicted molar refractivity (Wildman–Crippen MR) is 95.5 cm³/mol. The van der Waals surface area contributed by atoms with Crippen LogP contribution >= 0.6 is 0 Å². The second-order valence-corrected chi connectivity index (χ2v) is 5.67. The van der Waals surface area contributed by atoms with Gasteiger partial charge >= 0.3 is 11.9 Å². The molecule has 0 unspecified atom stereocenters. The Labute approximate surface area is 157 Å². The monoisotopic (exact) mass is 380 g/mol. The molecule has 0 aliphatic carbocycles. The number of benzene rings is 1. The summed E-state index contributed by atoms with van der Waals surface area (Å²) < 4.78 is 10.1. The fourth-order valence-corrected chi connectivity index (χ4v) is 2.35. The fraction of sp³-hybridized carbons (Fsp3) is 0.474. The molecule has 0 bridgehead atoms. The van der Waals surface area contributed by atoms with Gasteiger partial charge in [0, 0.05) is 19.3 Å². The lowest BCUT2D eigenvalue weighted by Gasteiger charge is -2.19. The highest BCUT2D eigenvalue weighted by atomic mass is 16.5. The van der Waals surface area contributed by atoms with E-state index < -0.39 is 57.4 Å². The van der Waals surface area contributed by atoms with Crippen LogP contribution < -0.4 is 4.74 Å². The quantitative estimate of drug-likeness (QED) is 0.289. The zero-order chi connectivity index (χ0) is 20.7. The molecule has 0 saturated heterocycles. The van der Waals surface area contributed by atoms with E-state index in [0.29, 0.717) is 6.42 Å². The maximum atomic E-state index is 12.6. The molecule has 0 aliphatic rings. The predicted octanol–water partition coefficient (Wildman–Crippen LogP) is 3.17. The van der Waals surface area contributed by atoms with Crippen LogP contribution in [0.1, 0.15) is 84.5 Å². The Hall–Kier alpha value is -2.90. The average molecular weight is 380 g/mol. The summed E-state index contributed by atoms with van der Waals surface area (Å²) in [5.74, 6) is -5.67. The van der Waals surface area contributed by atoms with E-state index in [0.717, 1.165) is 0 Å². The molecule has 1 rings (SSSR count). The van der Waals surface area contributed by atoms with Gasteiger partial charge in [0.15, 0.2) is 23.1 Å². The maximum absolute atomic E-state index is 12.6. The molecule has 0 fully saturated rings. The second kappa shape index (κ2) is 9.70. The van der Waals surface area contributed by atoms with E-state index in [1.165, 1.54) is 20.8 Å². The zero-order valence-electron chi connectivity index (χ0n) is 15.9. The first-order valence-electron chi connectivity index (χ1n) is 8.80. The number of Topliss-reactive ketones (excluding diaryl/α,β-unsaturated/α-hetero) is 2. The minimum atomic E-state index is -1.02. The SMILES string of the molecule is CCCOC(=O)c1c(C(=O)CC)c(O)c(O)c(OC(=O)CC)c1C(=O)CC. The van der Waals surface area contributed by atoms with Crippen molar-refractivity contribution in [3.8, 4) is 17.2 Å². The second-order valence-electron chi connectivity index (χ2n) is 5.67. The van der Waals surface area contributed by atoms with Crippen molar-refractivity contribution in [1.29, 1.82) is 0 Å². The van der Waals surface area contributed by atoms with Crippen molar-refractivity contribution in [3.63, 3.8) is 0 Å². The summed E-state index contributed by atoms with van der Waals surface area (Å²) in [6, 6.07) is 0. The van der Waals surface area contributed by atoms with Crippen molar-refractivity contribution >= 4 is 23.5 Å². The van der Waals surface area contributed by atoms with Crippen molar-refractivity contribution < 1.29 is 38.9 Å². The minimum Gasteiger partial charge on any atom is -0.504 e. The van der Waals surface area contributed by atoms with Crippen LogP contribution in [0.5, 0.6) is 17.2 Å². The number of phenols is 2.